The van der Waals surface area contributed by atoms with Crippen LogP contribution in [-0.4, -0.2) is 17.7 Å². The van der Waals surface area contributed by atoms with E-state index in [4.69, 9.17) is 4.74 Å². The molecule has 140 valence electrons. The molecule has 0 aromatic rings. The van der Waals surface area contributed by atoms with Gasteiger partial charge in [-0.1, -0.05) is 0 Å². The molecule has 12 aliphatic carbocycles. The summed E-state index contributed by atoms with van der Waals surface area (Å²) in [5, 5.41) is 0. The van der Waals surface area contributed by atoms with Gasteiger partial charge in [-0.2, -0.15) is 13.2 Å². The van der Waals surface area contributed by atoms with E-state index in [1.165, 1.54) is 0 Å². The van der Waals surface area contributed by atoms with Gasteiger partial charge in [-0.25, -0.2) is 4.79 Å². The fourth-order valence-electron chi connectivity index (χ4n) is 15.8. The Labute approximate surface area is 153 Å². The van der Waals surface area contributed by atoms with Gasteiger partial charge in [-0.15, -0.1) is 0 Å². The van der Waals surface area contributed by atoms with Crippen molar-refractivity contribution in [2.45, 2.75) is 11.8 Å². The summed E-state index contributed by atoms with van der Waals surface area (Å²) in [4.78, 5) is 12.2. The van der Waals surface area contributed by atoms with Crippen molar-refractivity contribution >= 4 is 5.97 Å². The van der Waals surface area contributed by atoms with Crippen molar-refractivity contribution in [1.82, 2.24) is 0 Å². The third kappa shape index (κ3) is 0.736. The molecular formula is C22H19F3O2. The smallest absolute Gasteiger partial charge is 0.451 e. The molecule has 20 atom stereocenters. The van der Waals surface area contributed by atoms with E-state index in [2.05, 4.69) is 0 Å². The molecule has 12 rings (SSSR count). The lowest BCUT2D eigenvalue weighted by molar-refractivity contribution is -0.223. The largest absolute Gasteiger partial charge is 0.490 e. The summed E-state index contributed by atoms with van der Waals surface area (Å²) < 4.78 is 45.8. The third-order valence-electron chi connectivity index (χ3n) is 13.9. The first-order valence-electron chi connectivity index (χ1n) is 11.3. The van der Waals surface area contributed by atoms with Gasteiger partial charge in [0.15, 0.2) is 0 Å². The number of alkyl halides is 3. The van der Waals surface area contributed by atoms with Crippen LogP contribution in [0.15, 0.2) is 0 Å². The molecule has 0 aromatic heterocycles. The predicted octanol–water partition coefficient (Wildman–Crippen LogP) is 2.69. The molecule has 0 heterocycles. The van der Waals surface area contributed by atoms with Crippen LogP contribution in [0.3, 0.4) is 0 Å². The van der Waals surface area contributed by atoms with Crippen LogP contribution >= 0.6 is 0 Å². The van der Waals surface area contributed by atoms with Crippen LogP contribution in [-0.2, 0) is 9.53 Å². The zero-order chi connectivity index (χ0) is 17.3. The predicted molar refractivity (Wildman–Crippen MR) is 81.2 cm³/mol. The van der Waals surface area contributed by atoms with Crippen molar-refractivity contribution in [2.75, 3.05) is 0 Å². The van der Waals surface area contributed by atoms with E-state index < -0.39 is 17.7 Å². The number of carbonyl (C=O) groups is 1. The Morgan fingerprint density at radius 2 is 0.815 bits per heavy atom. The highest BCUT2D eigenvalue weighted by Crippen LogP contribution is 3.03. The van der Waals surface area contributed by atoms with Crippen LogP contribution < -0.4 is 0 Å². The molecule has 8 unspecified atom stereocenters. The molecule has 27 heavy (non-hydrogen) atoms. The normalized spacial score (nSPS) is 86.3. The molecule has 0 aromatic carbocycles. The first-order valence-corrected chi connectivity index (χ1v) is 11.3. The summed E-state index contributed by atoms with van der Waals surface area (Å²) >= 11 is 0. The highest BCUT2D eigenvalue weighted by atomic mass is 19.4. The number of rotatable bonds is 1. The molecule has 2 nitrogen and oxygen atoms in total. The van der Waals surface area contributed by atoms with Gasteiger partial charge < -0.3 is 4.74 Å². The molecule has 0 amide bonds. The van der Waals surface area contributed by atoms with E-state index >= 15 is 0 Å². The van der Waals surface area contributed by atoms with E-state index in [1.54, 1.807) is 0 Å². The molecule has 0 spiro atoms. The Hall–Kier alpha value is -0.740. The molecule has 0 bridgehead atoms. The minimum absolute atomic E-state index is 0.314. The fourth-order valence-corrected chi connectivity index (χ4v) is 15.8. The lowest BCUT2D eigenvalue weighted by Gasteiger charge is -2.39. The Kier molecular flexibility index (Phi) is 1.34. The maximum Gasteiger partial charge on any atom is 0.490 e. The third-order valence-corrected chi connectivity index (χ3v) is 13.9. The highest BCUT2D eigenvalue weighted by Gasteiger charge is 3.03. The number of hydrogen-bond acceptors (Lipinski definition) is 2. The molecule has 5 heteroatoms. The van der Waals surface area contributed by atoms with Crippen LogP contribution in [0.4, 0.5) is 13.2 Å². The van der Waals surface area contributed by atoms with E-state index in [0.29, 0.717) is 53.3 Å². The minimum atomic E-state index is -4.84. The number of halogens is 3. The van der Waals surface area contributed by atoms with Gasteiger partial charge in [0.05, 0.1) is 0 Å². The summed E-state index contributed by atoms with van der Waals surface area (Å²) in [5.74, 6) is 11.6. The van der Waals surface area contributed by atoms with Crippen LogP contribution in [0.5, 0.6) is 0 Å². The first-order chi connectivity index (χ1) is 13.0. The Balaban J connectivity index is 1.26. The molecule has 0 saturated heterocycles. The van der Waals surface area contributed by atoms with Crippen molar-refractivity contribution in [1.29, 1.82) is 0 Å². The summed E-state index contributed by atoms with van der Waals surface area (Å²) in [6, 6.07) is 0. The second-order valence-corrected chi connectivity index (χ2v) is 12.6. The van der Waals surface area contributed by atoms with Crippen molar-refractivity contribution in [2.24, 2.45) is 112 Å². The molecule has 12 fully saturated rings. The minimum Gasteiger partial charge on any atom is -0.451 e. The number of esters is 1. The van der Waals surface area contributed by atoms with Gasteiger partial charge in [0, 0.05) is 17.8 Å². The Morgan fingerprint density at radius 3 is 1.07 bits per heavy atom. The van der Waals surface area contributed by atoms with Gasteiger partial charge in [0.2, 0.25) is 0 Å². The van der Waals surface area contributed by atoms with E-state index in [-0.39, 0.29) is 0 Å². The summed E-state index contributed by atoms with van der Waals surface area (Å²) in [7, 11) is 0. The van der Waals surface area contributed by atoms with Crippen LogP contribution in [0, 0.1) is 112 Å². The lowest BCUT2D eigenvalue weighted by atomic mass is 9.74. The Bertz CT molecular complexity index is 812. The summed E-state index contributed by atoms with van der Waals surface area (Å²) in [6.45, 7) is 0. The maximum atomic E-state index is 13.3. The van der Waals surface area contributed by atoms with E-state index in [1.807, 2.05) is 0 Å². The highest BCUT2D eigenvalue weighted by molar-refractivity contribution is 5.76. The molecule has 12 aliphatic rings. The average molecular weight is 372 g/mol. The average Bonchev–Trinajstić information content (AvgIpc) is 3.30. The van der Waals surface area contributed by atoms with Crippen LogP contribution in [0.2, 0.25) is 0 Å². The van der Waals surface area contributed by atoms with Crippen molar-refractivity contribution in [3.05, 3.63) is 0 Å². The van der Waals surface area contributed by atoms with Crippen LogP contribution in [0.25, 0.3) is 0 Å². The fraction of sp³-hybridized carbons (Fsp3) is 0.955. The number of hydrogen-bond donors (Lipinski definition) is 0. The molecule has 0 aliphatic heterocycles. The second kappa shape index (κ2) is 2.85. The first kappa shape index (κ1) is 12.7. The summed E-state index contributed by atoms with van der Waals surface area (Å²) in [6.07, 6.45) is -4.84. The summed E-state index contributed by atoms with van der Waals surface area (Å²) in [5.41, 5.74) is -0.690. The van der Waals surface area contributed by atoms with Gasteiger partial charge in [0.1, 0.15) is 5.60 Å². The van der Waals surface area contributed by atoms with Crippen LogP contribution in [0.1, 0.15) is 0 Å². The second-order valence-electron chi connectivity index (χ2n) is 12.6. The zero-order valence-electron chi connectivity index (χ0n) is 14.4. The molecular weight excluding hydrogens is 353 g/mol. The Morgan fingerprint density at radius 1 is 0.556 bits per heavy atom. The monoisotopic (exact) mass is 372 g/mol. The number of ether oxygens (including phenoxy) is 1. The zero-order valence-corrected chi connectivity index (χ0v) is 14.4. The molecule has 12 saturated carbocycles. The SMILES string of the molecule is O=C(OC12C3[C@@H]4[C@@H]5C6C7C8[C@@H]9[C@@H]6[C@@H]4C1[C@H]9[C@@H]1C2[C@H]2[C@@H](C7[C@@H]5[C@@H]32)[C@H]81)C(F)(F)F. The van der Waals surface area contributed by atoms with Gasteiger partial charge >= 0.3 is 12.1 Å². The van der Waals surface area contributed by atoms with E-state index in [9.17, 15) is 18.0 Å². The van der Waals surface area contributed by atoms with Crippen molar-refractivity contribution in [3.8, 4) is 0 Å². The standard InChI is InChI=1S/C22H19F3O2/c23-22(24,25)20(26)27-21-17-11-5-2-1-3-7(5)13(17)15-9(3)10-4(1)8-6(2)12(11)18(21)14(8)16(10)19(15)21/h1-19H/t1?,2?,3?,4?,5-,6-,7-,8+,9+,10+,11-,12+,13+,14+,15+,16-,17?,18?,19?,21?/m0/s1. The quantitative estimate of drug-likeness (QED) is 0.662. The molecule has 0 radical (unpaired) electrons. The topological polar surface area (TPSA) is 26.3 Å². The molecule has 0 N–H and O–H groups in total. The lowest BCUT2D eigenvalue weighted by Crippen LogP contribution is -2.49. The van der Waals surface area contributed by atoms with Gasteiger partial charge in [-0.05, 0) is 94.7 Å². The van der Waals surface area contributed by atoms with Gasteiger partial charge in [0.25, 0.3) is 0 Å². The van der Waals surface area contributed by atoms with Crippen molar-refractivity contribution in [3.63, 3.8) is 0 Å². The van der Waals surface area contributed by atoms with Crippen molar-refractivity contribution < 1.29 is 22.7 Å². The van der Waals surface area contributed by atoms with E-state index in [0.717, 1.165) is 59.2 Å². The van der Waals surface area contributed by atoms with Gasteiger partial charge in [-0.3, -0.25) is 0 Å². The maximum absolute atomic E-state index is 13.3. The number of carbonyl (C=O) groups excluding carboxylic acids is 1.